The van der Waals surface area contributed by atoms with Crippen molar-refractivity contribution in [2.75, 3.05) is 6.54 Å². The van der Waals surface area contributed by atoms with Gasteiger partial charge >= 0.3 is 0 Å². The highest BCUT2D eigenvalue weighted by Crippen LogP contribution is 2.16. The van der Waals surface area contributed by atoms with Crippen molar-refractivity contribution in [3.63, 3.8) is 0 Å². The number of aryl methyl sites for hydroxylation is 2. The molecule has 2 rings (SSSR count). The third-order valence-electron chi connectivity index (χ3n) is 5.02. The van der Waals surface area contributed by atoms with Crippen molar-refractivity contribution in [2.24, 2.45) is 11.8 Å². The maximum Gasteiger partial charge on any atom is 0.270 e. The van der Waals surface area contributed by atoms with Crippen molar-refractivity contribution in [1.29, 1.82) is 5.26 Å². The molecule has 9 nitrogen and oxygen atoms in total. The molecule has 3 N–H and O–H groups in total. The lowest BCUT2D eigenvalue weighted by Gasteiger charge is -2.23. The highest BCUT2D eigenvalue weighted by molar-refractivity contribution is 5.97. The van der Waals surface area contributed by atoms with Gasteiger partial charge in [0.25, 0.3) is 5.91 Å². The number of nitrogens with zero attached hydrogens (tertiary/aromatic N) is 3. The summed E-state index contributed by atoms with van der Waals surface area (Å²) in [5.74, 6) is -0.998. The Labute approximate surface area is 171 Å². The third-order valence-corrected chi connectivity index (χ3v) is 5.02. The van der Waals surface area contributed by atoms with Crippen LogP contribution in [-0.4, -0.2) is 46.1 Å². The minimum atomic E-state index is -0.786. The van der Waals surface area contributed by atoms with Crippen LogP contribution in [0.25, 0.3) is 0 Å². The molecule has 2 heterocycles. The van der Waals surface area contributed by atoms with Crippen molar-refractivity contribution in [1.82, 2.24) is 25.7 Å². The maximum absolute atomic E-state index is 12.8. The van der Waals surface area contributed by atoms with Crippen LogP contribution in [0.3, 0.4) is 0 Å². The zero-order valence-electron chi connectivity index (χ0n) is 17.5. The van der Waals surface area contributed by atoms with Gasteiger partial charge in [-0.25, -0.2) is 0 Å². The lowest BCUT2D eigenvalue weighted by Crippen LogP contribution is -2.50. The summed E-state index contributed by atoms with van der Waals surface area (Å²) >= 11 is 0. The molecule has 1 aliphatic rings. The van der Waals surface area contributed by atoms with E-state index in [0.717, 1.165) is 5.56 Å². The summed E-state index contributed by atoms with van der Waals surface area (Å²) in [5.41, 5.74) is 1.16. The number of hydrogen-bond acceptors (Lipinski definition) is 5. The Kier molecular flexibility index (Phi) is 7.76. The van der Waals surface area contributed by atoms with Crippen molar-refractivity contribution in [3.05, 3.63) is 17.5 Å². The van der Waals surface area contributed by atoms with E-state index in [1.165, 1.54) is 0 Å². The first-order valence-corrected chi connectivity index (χ1v) is 10.1. The van der Waals surface area contributed by atoms with Crippen molar-refractivity contribution >= 4 is 17.7 Å². The zero-order chi connectivity index (χ0) is 21.6. The summed E-state index contributed by atoms with van der Waals surface area (Å²) in [6.07, 6.45) is 2.96. The molecule has 0 saturated carbocycles. The van der Waals surface area contributed by atoms with Gasteiger partial charge in [-0.05, 0) is 44.6 Å². The first-order chi connectivity index (χ1) is 13.8. The van der Waals surface area contributed by atoms with Gasteiger partial charge in [0.1, 0.15) is 17.8 Å². The fourth-order valence-electron chi connectivity index (χ4n) is 3.51. The van der Waals surface area contributed by atoms with Crippen molar-refractivity contribution < 1.29 is 14.4 Å². The summed E-state index contributed by atoms with van der Waals surface area (Å²) in [7, 11) is 0. The van der Waals surface area contributed by atoms with E-state index < -0.39 is 18.0 Å². The molecule has 1 aliphatic heterocycles. The van der Waals surface area contributed by atoms with Gasteiger partial charge in [0.05, 0.1) is 12.3 Å². The number of hydrogen-bond donors (Lipinski definition) is 3. The average Bonchev–Trinajstić information content (AvgIpc) is 3.25. The quantitative estimate of drug-likeness (QED) is 0.565. The average molecular weight is 402 g/mol. The lowest BCUT2D eigenvalue weighted by molar-refractivity contribution is -0.125. The minimum absolute atomic E-state index is 0.0881. The molecule has 0 spiro atoms. The van der Waals surface area contributed by atoms with Crippen LogP contribution in [0, 0.1) is 30.1 Å². The summed E-state index contributed by atoms with van der Waals surface area (Å²) < 4.78 is 1.59. The van der Waals surface area contributed by atoms with Gasteiger partial charge in [-0.3, -0.25) is 19.1 Å². The Morgan fingerprint density at radius 3 is 2.69 bits per heavy atom. The molecule has 0 radical (unpaired) electrons. The number of nitriles is 1. The van der Waals surface area contributed by atoms with Gasteiger partial charge in [0.2, 0.25) is 11.8 Å². The lowest BCUT2D eigenvalue weighted by atomic mass is 9.98. The number of rotatable bonds is 9. The molecule has 29 heavy (non-hydrogen) atoms. The van der Waals surface area contributed by atoms with Crippen LogP contribution in [0.15, 0.2) is 6.20 Å². The van der Waals surface area contributed by atoms with Crippen LogP contribution in [0.1, 0.15) is 56.1 Å². The van der Waals surface area contributed by atoms with E-state index in [1.807, 2.05) is 20.8 Å². The fraction of sp³-hybridized carbons (Fsp3) is 0.650. The first-order valence-electron chi connectivity index (χ1n) is 10.1. The Bertz CT molecular complexity index is 795. The second kappa shape index (κ2) is 10.0. The molecule has 3 amide bonds. The molecular formula is C20H30N6O3. The fourth-order valence-corrected chi connectivity index (χ4v) is 3.51. The molecule has 1 aromatic rings. The Hall–Kier alpha value is -2.89. The molecule has 1 fully saturated rings. The van der Waals surface area contributed by atoms with Crippen LogP contribution in [-0.2, 0) is 16.1 Å². The van der Waals surface area contributed by atoms with E-state index in [2.05, 4.69) is 27.1 Å². The van der Waals surface area contributed by atoms with Crippen molar-refractivity contribution in [2.45, 2.75) is 65.6 Å². The molecule has 3 atom stereocenters. The van der Waals surface area contributed by atoms with Gasteiger partial charge in [0.15, 0.2) is 0 Å². The molecule has 9 heteroatoms. The number of nitrogens with one attached hydrogen (secondary N) is 3. The van der Waals surface area contributed by atoms with Gasteiger partial charge < -0.3 is 16.0 Å². The SMILES string of the molecule is CCn1ncc(C)c1C(=O)N[C@@H](CC(C)C)C(=O)N[C@H](C#N)C[C@@H]1CCNC1=O. The Balaban J connectivity index is 2.08. The highest BCUT2D eigenvalue weighted by Gasteiger charge is 2.30. The molecule has 0 bridgehead atoms. The Morgan fingerprint density at radius 2 is 2.14 bits per heavy atom. The monoisotopic (exact) mass is 402 g/mol. The van der Waals surface area contributed by atoms with Gasteiger partial charge in [0, 0.05) is 19.0 Å². The number of carbonyl (C=O) groups excluding carboxylic acids is 3. The van der Waals surface area contributed by atoms with E-state index in [9.17, 15) is 19.6 Å². The number of aromatic nitrogens is 2. The minimum Gasteiger partial charge on any atom is -0.356 e. The van der Waals surface area contributed by atoms with Crippen LogP contribution < -0.4 is 16.0 Å². The zero-order valence-corrected chi connectivity index (χ0v) is 17.5. The predicted molar refractivity (Wildman–Crippen MR) is 107 cm³/mol. The van der Waals surface area contributed by atoms with Crippen LogP contribution in [0.5, 0.6) is 0 Å². The predicted octanol–water partition coefficient (Wildman–Crippen LogP) is 0.891. The summed E-state index contributed by atoms with van der Waals surface area (Å²) in [6, 6.07) is 0.490. The second-order valence-corrected chi connectivity index (χ2v) is 7.85. The summed E-state index contributed by atoms with van der Waals surface area (Å²) in [5, 5.41) is 21.8. The van der Waals surface area contributed by atoms with E-state index in [1.54, 1.807) is 17.8 Å². The Morgan fingerprint density at radius 1 is 1.41 bits per heavy atom. The van der Waals surface area contributed by atoms with Crippen LogP contribution in [0.4, 0.5) is 0 Å². The van der Waals surface area contributed by atoms with Gasteiger partial charge in [-0.2, -0.15) is 10.4 Å². The van der Waals surface area contributed by atoms with Crippen LogP contribution in [0.2, 0.25) is 0 Å². The standard InChI is InChI=1S/C20H30N6O3/c1-5-26-17(13(4)11-23-26)20(29)25-16(8-12(2)3)19(28)24-15(10-21)9-14-6-7-22-18(14)27/h11-12,14-16H,5-9H2,1-4H3,(H,22,27)(H,24,28)(H,25,29)/t14-,15-,16-/m0/s1. The molecule has 1 aromatic heterocycles. The van der Waals surface area contributed by atoms with Gasteiger partial charge in [-0.1, -0.05) is 13.8 Å². The molecule has 1 saturated heterocycles. The highest BCUT2D eigenvalue weighted by atomic mass is 16.2. The van der Waals surface area contributed by atoms with Crippen molar-refractivity contribution in [3.8, 4) is 6.07 Å². The molecule has 0 unspecified atom stereocenters. The summed E-state index contributed by atoms with van der Waals surface area (Å²) in [6.45, 7) is 8.73. The molecule has 0 aliphatic carbocycles. The van der Waals surface area contributed by atoms with Gasteiger partial charge in [-0.15, -0.1) is 0 Å². The number of carbonyl (C=O) groups is 3. The van der Waals surface area contributed by atoms with E-state index in [0.29, 0.717) is 31.6 Å². The second-order valence-electron chi connectivity index (χ2n) is 7.85. The van der Waals surface area contributed by atoms with E-state index in [-0.39, 0.29) is 30.1 Å². The third kappa shape index (κ3) is 5.79. The topological polar surface area (TPSA) is 129 Å². The van der Waals surface area contributed by atoms with E-state index in [4.69, 9.17) is 0 Å². The normalized spacial score (nSPS) is 18.1. The van der Waals surface area contributed by atoms with Crippen LogP contribution >= 0.6 is 0 Å². The molecule has 158 valence electrons. The molecule has 0 aromatic carbocycles. The smallest absolute Gasteiger partial charge is 0.270 e. The first kappa shape index (κ1) is 22.4. The van der Waals surface area contributed by atoms with E-state index >= 15 is 0 Å². The number of amides is 3. The largest absolute Gasteiger partial charge is 0.356 e. The molecular weight excluding hydrogens is 372 g/mol. The maximum atomic E-state index is 12.8. The summed E-state index contributed by atoms with van der Waals surface area (Å²) in [4.78, 5) is 37.4.